The first-order chi connectivity index (χ1) is 9.24. The zero-order valence-corrected chi connectivity index (χ0v) is 11.1. The molecule has 1 aromatic heterocycles. The van der Waals surface area contributed by atoms with Crippen molar-refractivity contribution in [2.45, 2.75) is 25.7 Å². The van der Waals surface area contributed by atoms with Crippen LogP contribution in [-0.4, -0.2) is 10.9 Å². The van der Waals surface area contributed by atoms with E-state index in [-0.39, 0.29) is 5.56 Å². The summed E-state index contributed by atoms with van der Waals surface area (Å²) in [7, 11) is 0. The first kappa shape index (κ1) is 12.3. The van der Waals surface area contributed by atoms with Gasteiger partial charge in [-0.15, -0.1) is 11.3 Å². The molecule has 3 nitrogen and oxygen atoms in total. The van der Waals surface area contributed by atoms with Crippen molar-refractivity contribution in [3.05, 3.63) is 46.2 Å². The summed E-state index contributed by atoms with van der Waals surface area (Å²) in [4.78, 5) is 17.6. The Kier molecular flexibility index (Phi) is 3.29. The Morgan fingerprint density at radius 1 is 1.26 bits per heavy atom. The van der Waals surface area contributed by atoms with Gasteiger partial charge in [0.05, 0.1) is 11.3 Å². The zero-order valence-electron chi connectivity index (χ0n) is 10.3. The number of carbonyl (C=O) groups is 1. The minimum atomic E-state index is -0.513. The maximum Gasteiger partial charge on any atom is 0.260 e. The van der Waals surface area contributed by atoms with Crippen LogP contribution < -0.4 is 5.32 Å². The molecule has 0 saturated carbocycles. The second-order valence-corrected chi connectivity index (χ2v) is 5.61. The van der Waals surface area contributed by atoms with Crippen LogP contribution in [0.1, 0.15) is 33.8 Å². The lowest BCUT2D eigenvalue weighted by Crippen LogP contribution is -2.13. The molecule has 0 fully saturated rings. The third kappa shape index (κ3) is 2.51. The van der Waals surface area contributed by atoms with Crippen molar-refractivity contribution >= 4 is 22.4 Å². The minimum Gasteiger partial charge on any atom is -0.298 e. The molecule has 3 rings (SSSR count). The predicted molar refractivity (Wildman–Crippen MR) is 73.1 cm³/mol. The highest BCUT2D eigenvalue weighted by atomic mass is 32.1. The van der Waals surface area contributed by atoms with Gasteiger partial charge >= 0.3 is 0 Å². The van der Waals surface area contributed by atoms with Gasteiger partial charge in [0.2, 0.25) is 0 Å². The van der Waals surface area contributed by atoms with Crippen LogP contribution in [0.15, 0.2) is 24.3 Å². The lowest BCUT2D eigenvalue weighted by molar-refractivity contribution is 0.102. The van der Waals surface area contributed by atoms with Gasteiger partial charge in [0, 0.05) is 4.88 Å². The van der Waals surface area contributed by atoms with E-state index >= 15 is 0 Å². The van der Waals surface area contributed by atoms with Crippen molar-refractivity contribution in [2.75, 3.05) is 5.32 Å². The van der Waals surface area contributed by atoms with Gasteiger partial charge < -0.3 is 0 Å². The smallest absolute Gasteiger partial charge is 0.260 e. The average Bonchev–Trinajstić information content (AvgIpc) is 2.81. The van der Waals surface area contributed by atoms with Crippen molar-refractivity contribution in [2.24, 2.45) is 0 Å². The van der Waals surface area contributed by atoms with E-state index in [1.54, 1.807) is 12.1 Å². The molecule has 1 N–H and O–H groups in total. The Bertz CT molecular complexity index is 600. The molecule has 0 atom stereocenters. The molecule has 0 unspecified atom stereocenters. The number of thiazole rings is 1. The Balaban J connectivity index is 1.80. The number of aryl methyl sites for hydroxylation is 2. The van der Waals surface area contributed by atoms with E-state index in [1.165, 1.54) is 34.8 Å². The van der Waals surface area contributed by atoms with Crippen LogP contribution in [0.2, 0.25) is 0 Å². The fraction of sp³-hybridized carbons (Fsp3) is 0.286. The second-order valence-electron chi connectivity index (χ2n) is 4.53. The van der Waals surface area contributed by atoms with Crippen LogP contribution in [0, 0.1) is 5.82 Å². The first-order valence-corrected chi connectivity index (χ1v) is 7.10. The summed E-state index contributed by atoms with van der Waals surface area (Å²) in [5, 5.41) is 3.25. The van der Waals surface area contributed by atoms with Crippen molar-refractivity contribution < 1.29 is 9.18 Å². The molecule has 98 valence electrons. The van der Waals surface area contributed by atoms with Gasteiger partial charge in [-0.25, -0.2) is 9.37 Å². The highest BCUT2D eigenvalue weighted by Crippen LogP contribution is 2.29. The number of hydrogen-bond acceptors (Lipinski definition) is 3. The van der Waals surface area contributed by atoms with E-state index in [0.717, 1.165) is 25.0 Å². The average molecular weight is 276 g/mol. The molecule has 5 heteroatoms. The van der Waals surface area contributed by atoms with E-state index in [1.807, 2.05) is 0 Å². The molecule has 0 radical (unpaired) electrons. The Hall–Kier alpha value is -1.75. The Morgan fingerprint density at radius 3 is 2.84 bits per heavy atom. The first-order valence-electron chi connectivity index (χ1n) is 6.28. The summed E-state index contributed by atoms with van der Waals surface area (Å²) in [6.45, 7) is 0. The van der Waals surface area contributed by atoms with Crippen LogP contribution in [0.5, 0.6) is 0 Å². The number of nitrogens with zero attached hydrogens (tertiary/aromatic N) is 1. The van der Waals surface area contributed by atoms with Crippen LogP contribution in [0.3, 0.4) is 0 Å². The van der Waals surface area contributed by atoms with E-state index in [0.29, 0.717) is 5.13 Å². The quantitative estimate of drug-likeness (QED) is 0.913. The third-order valence-corrected chi connectivity index (χ3v) is 4.26. The number of carbonyl (C=O) groups excluding carboxylic acids is 1. The number of anilines is 1. The number of rotatable bonds is 2. The lowest BCUT2D eigenvalue weighted by Gasteiger charge is -2.06. The fourth-order valence-corrected chi connectivity index (χ4v) is 3.26. The number of halogens is 1. The van der Waals surface area contributed by atoms with Crippen LogP contribution in [0.25, 0.3) is 0 Å². The number of aromatic nitrogens is 1. The second kappa shape index (κ2) is 5.09. The SMILES string of the molecule is O=C(Nc1nc2c(s1)CCCC2)c1ccccc1F. The molecular weight excluding hydrogens is 263 g/mol. The fourth-order valence-electron chi connectivity index (χ4n) is 2.22. The maximum absolute atomic E-state index is 13.5. The summed E-state index contributed by atoms with van der Waals surface area (Å²) in [5.74, 6) is -0.953. The van der Waals surface area contributed by atoms with E-state index in [4.69, 9.17) is 0 Å². The molecule has 0 aliphatic heterocycles. The largest absolute Gasteiger partial charge is 0.298 e. The molecule has 19 heavy (non-hydrogen) atoms. The molecule has 1 aliphatic carbocycles. The summed E-state index contributed by atoms with van der Waals surface area (Å²) in [6, 6.07) is 5.96. The molecule has 1 heterocycles. The molecule has 1 amide bonds. The van der Waals surface area contributed by atoms with Gasteiger partial charge in [-0.2, -0.15) is 0 Å². The zero-order chi connectivity index (χ0) is 13.2. The highest BCUT2D eigenvalue weighted by molar-refractivity contribution is 7.15. The van der Waals surface area contributed by atoms with Crippen molar-refractivity contribution in [3.63, 3.8) is 0 Å². The molecule has 0 saturated heterocycles. The molecule has 1 aliphatic rings. The summed E-state index contributed by atoms with van der Waals surface area (Å²) in [5.41, 5.74) is 1.13. The number of benzene rings is 1. The van der Waals surface area contributed by atoms with Gasteiger partial charge in [-0.05, 0) is 37.8 Å². The Morgan fingerprint density at radius 2 is 2.05 bits per heavy atom. The van der Waals surface area contributed by atoms with Crippen molar-refractivity contribution in [1.29, 1.82) is 0 Å². The van der Waals surface area contributed by atoms with Gasteiger partial charge in [0.15, 0.2) is 5.13 Å². The molecule has 2 aromatic rings. The minimum absolute atomic E-state index is 0.0515. The van der Waals surface area contributed by atoms with Gasteiger partial charge in [0.25, 0.3) is 5.91 Å². The number of fused-ring (bicyclic) bond motifs is 1. The van der Waals surface area contributed by atoms with Crippen LogP contribution >= 0.6 is 11.3 Å². The predicted octanol–water partition coefficient (Wildman–Crippen LogP) is 3.41. The molecule has 0 spiro atoms. The van der Waals surface area contributed by atoms with Crippen molar-refractivity contribution in [3.8, 4) is 0 Å². The number of hydrogen-bond donors (Lipinski definition) is 1. The molecule has 0 bridgehead atoms. The van der Waals surface area contributed by atoms with Crippen molar-refractivity contribution in [1.82, 2.24) is 4.98 Å². The standard InChI is InChI=1S/C14H13FN2OS/c15-10-6-2-1-5-9(10)13(18)17-14-16-11-7-3-4-8-12(11)19-14/h1-2,5-6H,3-4,7-8H2,(H,16,17,18). The molecule has 1 aromatic carbocycles. The normalized spacial score (nSPS) is 13.9. The van der Waals surface area contributed by atoms with E-state index in [9.17, 15) is 9.18 Å². The summed E-state index contributed by atoms with van der Waals surface area (Å²) < 4.78 is 13.5. The van der Waals surface area contributed by atoms with Crippen LogP contribution in [-0.2, 0) is 12.8 Å². The number of amides is 1. The Labute approximate surface area is 114 Å². The lowest BCUT2D eigenvalue weighted by atomic mass is 10.0. The highest BCUT2D eigenvalue weighted by Gasteiger charge is 2.17. The van der Waals surface area contributed by atoms with E-state index < -0.39 is 11.7 Å². The number of nitrogens with one attached hydrogen (secondary N) is 1. The topological polar surface area (TPSA) is 42.0 Å². The van der Waals surface area contributed by atoms with Gasteiger partial charge in [-0.3, -0.25) is 10.1 Å². The third-order valence-electron chi connectivity index (χ3n) is 3.18. The summed E-state index contributed by atoms with van der Waals surface area (Å²) >= 11 is 1.50. The van der Waals surface area contributed by atoms with Crippen LogP contribution in [0.4, 0.5) is 9.52 Å². The van der Waals surface area contributed by atoms with Gasteiger partial charge in [0.1, 0.15) is 5.82 Å². The van der Waals surface area contributed by atoms with E-state index in [2.05, 4.69) is 10.3 Å². The van der Waals surface area contributed by atoms with Gasteiger partial charge in [-0.1, -0.05) is 12.1 Å². The molecular formula is C14H13FN2OS. The maximum atomic E-state index is 13.5. The summed E-state index contributed by atoms with van der Waals surface area (Å²) in [6.07, 6.45) is 4.33. The monoisotopic (exact) mass is 276 g/mol.